The summed E-state index contributed by atoms with van der Waals surface area (Å²) < 4.78 is 32.0. The van der Waals surface area contributed by atoms with Crippen LogP contribution in [0.3, 0.4) is 0 Å². The van der Waals surface area contributed by atoms with Gasteiger partial charge in [0.1, 0.15) is 5.75 Å². The molecule has 0 heterocycles. The molecule has 1 amide bonds. The Morgan fingerprint density at radius 1 is 1.14 bits per heavy atom. The van der Waals surface area contributed by atoms with Gasteiger partial charge in [0.25, 0.3) is 5.91 Å². The van der Waals surface area contributed by atoms with Crippen LogP contribution >= 0.6 is 0 Å². The summed E-state index contributed by atoms with van der Waals surface area (Å²) in [4.78, 5) is 12.1. The fourth-order valence-electron chi connectivity index (χ4n) is 2.15. The van der Waals surface area contributed by atoms with Crippen LogP contribution in [0.25, 0.3) is 0 Å². The molecular formula is C16H15F2NO2. The Hall–Kier alpha value is -2.43. The predicted octanol–water partition coefficient (Wildman–Crippen LogP) is 3.84. The number of nitrogens with one attached hydrogen (secondary N) is 1. The first kappa shape index (κ1) is 15.0. The number of aryl methyl sites for hydroxylation is 1. The molecule has 0 aliphatic heterocycles. The van der Waals surface area contributed by atoms with Crippen molar-refractivity contribution in [1.29, 1.82) is 0 Å². The predicted molar refractivity (Wildman–Crippen MR) is 76.8 cm³/mol. The van der Waals surface area contributed by atoms with Crippen LogP contribution in [0.15, 0.2) is 30.3 Å². The number of carbonyl (C=O) groups is 1. The fraction of sp³-hybridized carbons (Fsp3) is 0.188. The van der Waals surface area contributed by atoms with E-state index in [2.05, 4.69) is 5.32 Å². The highest BCUT2D eigenvalue weighted by Crippen LogP contribution is 2.29. The number of amides is 1. The van der Waals surface area contributed by atoms with Crippen LogP contribution in [-0.4, -0.2) is 13.0 Å². The maximum atomic E-state index is 13.6. The molecule has 0 aromatic heterocycles. The zero-order valence-corrected chi connectivity index (χ0v) is 12.0. The Bertz CT molecular complexity index is 699. The average molecular weight is 291 g/mol. The first-order valence-electron chi connectivity index (χ1n) is 6.35. The Balaban J connectivity index is 2.34. The van der Waals surface area contributed by atoms with Gasteiger partial charge in [-0.25, -0.2) is 8.78 Å². The molecule has 5 heteroatoms. The zero-order valence-electron chi connectivity index (χ0n) is 12.0. The lowest BCUT2D eigenvalue weighted by Crippen LogP contribution is -2.15. The average Bonchev–Trinajstić information content (AvgIpc) is 2.45. The smallest absolute Gasteiger partial charge is 0.258 e. The van der Waals surface area contributed by atoms with Gasteiger partial charge in [-0.3, -0.25) is 4.79 Å². The van der Waals surface area contributed by atoms with Crippen LogP contribution in [0.1, 0.15) is 21.5 Å². The highest BCUT2D eigenvalue weighted by molar-refractivity contribution is 6.05. The largest absolute Gasteiger partial charge is 0.496 e. The third kappa shape index (κ3) is 2.86. The number of ether oxygens (including phenoxy) is 1. The van der Waals surface area contributed by atoms with Crippen molar-refractivity contribution in [3.63, 3.8) is 0 Å². The minimum Gasteiger partial charge on any atom is -0.496 e. The Morgan fingerprint density at radius 2 is 1.86 bits per heavy atom. The molecule has 0 aliphatic carbocycles. The fourth-order valence-corrected chi connectivity index (χ4v) is 2.15. The lowest BCUT2D eigenvalue weighted by atomic mass is 10.1. The first-order valence-corrected chi connectivity index (χ1v) is 6.35. The molecule has 2 rings (SSSR count). The van der Waals surface area contributed by atoms with Crippen molar-refractivity contribution < 1.29 is 18.3 Å². The molecule has 1 N–H and O–H groups in total. The minimum absolute atomic E-state index is 0.339. The number of anilines is 1. The van der Waals surface area contributed by atoms with Crippen LogP contribution in [0, 0.1) is 25.5 Å². The maximum Gasteiger partial charge on any atom is 0.258 e. The molecule has 21 heavy (non-hydrogen) atoms. The highest BCUT2D eigenvalue weighted by Gasteiger charge is 2.17. The van der Waals surface area contributed by atoms with Gasteiger partial charge < -0.3 is 10.1 Å². The summed E-state index contributed by atoms with van der Waals surface area (Å²) in [7, 11) is 1.53. The van der Waals surface area contributed by atoms with Gasteiger partial charge in [0.15, 0.2) is 11.6 Å². The maximum absolute atomic E-state index is 13.6. The van der Waals surface area contributed by atoms with E-state index >= 15 is 0 Å². The van der Waals surface area contributed by atoms with Crippen molar-refractivity contribution in [2.24, 2.45) is 0 Å². The van der Waals surface area contributed by atoms with E-state index in [-0.39, 0.29) is 5.56 Å². The SMILES string of the molecule is COc1c(C)ccc(NC(=O)c2cccc(F)c2F)c1C. The van der Waals surface area contributed by atoms with Crippen LogP contribution < -0.4 is 10.1 Å². The molecule has 0 radical (unpaired) electrons. The van der Waals surface area contributed by atoms with Crippen molar-refractivity contribution >= 4 is 11.6 Å². The second-order valence-corrected chi connectivity index (χ2v) is 4.64. The Morgan fingerprint density at radius 3 is 2.52 bits per heavy atom. The van der Waals surface area contributed by atoms with E-state index in [1.165, 1.54) is 19.2 Å². The lowest BCUT2D eigenvalue weighted by Gasteiger charge is -2.14. The molecule has 0 saturated carbocycles. The number of hydrogen-bond acceptors (Lipinski definition) is 2. The summed E-state index contributed by atoms with van der Waals surface area (Å²) in [6.07, 6.45) is 0. The number of rotatable bonds is 3. The summed E-state index contributed by atoms with van der Waals surface area (Å²) in [6.45, 7) is 3.66. The molecule has 0 spiro atoms. The molecule has 0 saturated heterocycles. The summed E-state index contributed by atoms with van der Waals surface area (Å²) >= 11 is 0. The normalized spacial score (nSPS) is 10.3. The van der Waals surface area contributed by atoms with E-state index in [0.29, 0.717) is 11.4 Å². The second-order valence-electron chi connectivity index (χ2n) is 4.64. The number of carbonyl (C=O) groups excluding carboxylic acids is 1. The van der Waals surface area contributed by atoms with Crippen molar-refractivity contribution in [1.82, 2.24) is 0 Å². The van der Waals surface area contributed by atoms with E-state index in [1.807, 2.05) is 6.92 Å². The van der Waals surface area contributed by atoms with Gasteiger partial charge in [0.2, 0.25) is 0 Å². The van der Waals surface area contributed by atoms with Crippen LogP contribution in [0.4, 0.5) is 14.5 Å². The number of methoxy groups -OCH3 is 1. The zero-order chi connectivity index (χ0) is 15.6. The van der Waals surface area contributed by atoms with E-state index in [1.54, 1.807) is 19.1 Å². The summed E-state index contributed by atoms with van der Waals surface area (Å²) in [5.74, 6) is -2.28. The summed E-state index contributed by atoms with van der Waals surface area (Å²) in [6, 6.07) is 6.96. The molecule has 2 aromatic rings. The van der Waals surface area contributed by atoms with Crippen molar-refractivity contribution in [2.45, 2.75) is 13.8 Å². The topological polar surface area (TPSA) is 38.3 Å². The molecule has 2 aromatic carbocycles. The quantitative estimate of drug-likeness (QED) is 0.933. The number of hydrogen-bond donors (Lipinski definition) is 1. The Kier molecular flexibility index (Phi) is 4.21. The molecule has 110 valence electrons. The second kappa shape index (κ2) is 5.91. The van der Waals surface area contributed by atoms with E-state index in [4.69, 9.17) is 4.74 Å². The van der Waals surface area contributed by atoms with Gasteiger partial charge in [0.05, 0.1) is 12.7 Å². The minimum atomic E-state index is -1.16. The van der Waals surface area contributed by atoms with Gasteiger partial charge in [-0.1, -0.05) is 12.1 Å². The van der Waals surface area contributed by atoms with Crippen molar-refractivity contribution in [2.75, 3.05) is 12.4 Å². The lowest BCUT2D eigenvalue weighted by molar-refractivity contribution is 0.102. The molecule has 0 bridgehead atoms. The standard InChI is InChI=1S/C16H15F2NO2/c1-9-7-8-13(10(2)15(9)21-3)19-16(20)11-5-4-6-12(17)14(11)18/h4-8H,1-3H3,(H,19,20). The van der Waals surface area contributed by atoms with Crippen LogP contribution in [-0.2, 0) is 0 Å². The highest BCUT2D eigenvalue weighted by atomic mass is 19.2. The van der Waals surface area contributed by atoms with Gasteiger partial charge in [-0.2, -0.15) is 0 Å². The molecule has 0 atom stereocenters. The van der Waals surface area contributed by atoms with Gasteiger partial charge >= 0.3 is 0 Å². The van der Waals surface area contributed by atoms with Gasteiger partial charge in [-0.15, -0.1) is 0 Å². The number of benzene rings is 2. The van der Waals surface area contributed by atoms with Gasteiger partial charge in [0, 0.05) is 11.3 Å². The van der Waals surface area contributed by atoms with Crippen LogP contribution in [0.2, 0.25) is 0 Å². The van der Waals surface area contributed by atoms with Crippen molar-refractivity contribution in [3.05, 3.63) is 58.7 Å². The van der Waals surface area contributed by atoms with Gasteiger partial charge in [-0.05, 0) is 37.6 Å². The third-order valence-corrected chi connectivity index (χ3v) is 3.25. The molecule has 0 aliphatic rings. The van der Waals surface area contributed by atoms with E-state index < -0.39 is 17.5 Å². The van der Waals surface area contributed by atoms with E-state index in [9.17, 15) is 13.6 Å². The third-order valence-electron chi connectivity index (χ3n) is 3.25. The number of halogens is 2. The van der Waals surface area contributed by atoms with Crippen LogP contribution in [0.5, 0.6) is 5.75 Å². The monoisotopic (exact) mass is 291 g/mol. The molecule has 3 nitrogen and oxygen atoms in total. The summed E-state index contributed by atoms with van der Waals surface area (Å²) in [5.41, 5.74) is 1.80. The molecular weight excluding hydrogens is 276 g/mol. The molecule has 0 fully saturated rings. The van der Waals surface area contributed by atoms with E-state index in [0.717, 1.165) is 17.2 Å². The summed E-state index contributed by atoms with van der Waals surface area (Å²) in [5, 5.41) is 2.57. The first-order chi connectivity index (χ1) is 9.95. The van der Waals surface area contributed by atoms with Crippen molar-refractivity contribution in [3.8, 4) is 5.75 Å². The molecule has 0 unspecified atom stereocenters. The Labute approximate surface area is 121 Å².